The molecule has 1 fully saturated rings. The highest BCUT2D eigenvalue weighted by Gasteiger charge is 2.25. The first kappa shape index (κ1) is 12.8. The summed E-state index contributed by atoms with van der Waals surface area (Å²) in [5.74, 6) is 1.01. The van der Waals surface area contributed by atoms with Crippen LogP contribution < -0.4 is 10.6 Å². The molecule has 19 heavy (non-hydrogen) atoms. The molecule has 1 saturated heterocycles. The molecule has 3 rings (SSSR count). The van der Waals surface area contributed by atoms with Crippen LogP contribution in [0.25, 0.3) is 10.2 Å². The van der Waals surface area contributed by atoms with Gasteiger partial charge in [-0.25, -0.2) is 9.97 Å². The molecule has 2 aromatic heterocycles. The number of ether oxygens (including phenoxy) is 1. The average molecular weight is 278 g/mol. The molecule has 0 aliphatic carbocycles. The molecule has 0 saturated carbocycles. The van der Waals surface area contributed by atoms with Gasteiger partial charge in [-0.2, -0.15) is 0 Å². The number of rotatable bonds is 2. The number of anilines is 1. The molecule has 0 spiro atoms. The number of aromatic nitrogens is 2. The summed E-state index contributed by atoms with van der Waals surface area (Å²) in [6.07, 6.45) is 1.72. The fraction of sp³-hybridized carbons (Fsp3) is 0.538. The van der Waals surface area contributed by atoms with Gasteiger partial charge in [-0.15, -0.1) is 11.3 Å². The summed E-state index contributed by atoms with van der Waals surface area (Å²) in [5.41, 5.74) is 8.21. The molecular formula is C13H18N4OS. The van der Waals surface area contributed by atoms with Crippen molar-refractivity contribution >= 4 is 27.4 Å². The molecule has 1 aliphatic rings. The van der Waals surface area contributed by atoms with Crippen molar-refractivity contribution in [3.63, 3.8) is 0 Å². The normalized spacial score (nSPS) is 21.8. The van der Waals surface area contributed by atoms with Crippen LogP contribution in [0.15, 0.2) is 11.7 Å². The highest BCUT2D eigenvalue weighted by molar-refractivity contribution is 7.18. The third-order valence-corrected chi connectivity index (χ3v) is 4.57. The Hall–Kier alpha value is -1.24. The van der Waals surface area contributed by atoms with Gasteiger partial charge in [0.25, 0.3) is 0 Å². The molecule has 2 N–H and O–H groups in total. The topological polar surface area (TPSA) is 64.3 Å². The van der Waals surface area contributed by atoms with Gasteiger partial charge in [0.1, 0.15) is 12.1 Å². The number of nitrogens with zero attached hydrogens (tertiary/aromatic N) is 3. The number of fused-ring (bicyclic) bond motifs is 1. The van der Waals surface area contributed by atoms with Gasteiger partial charge in [-0.05, 0) is 24.8 Å². The minimum Gasteiger partial charge on any atom is -0.373 e. The second kappa shape index (κ2) is 5.03. The number of morpholine rings is 1. The van der Waals surface area contributed by atoms with Gasteiger partial charge in [-0.1, -0.05) is 0 Å². The summed E-state index contributed by atoms with van der Waals surface area (Å²) in [4.78, 5) is 11.1. The van der Waals surface area contributed by atoms with Crippen LogP contribution in [0.5, 0.6) is 0 Å². The molecule has 2 aromatic rings. The van der Waals surface area contributed by atoms with Gasteiger partial charge in [0.2, 0.25) is 0 Å². The Bertz CT molecular complexity index is 583. The quantitative estimate of drug-likeness (QED) is 0.903. The Kier molecular flexibility index (Phi) is 3.38. The maximum Gasteiger partial charge on any atom is 0.150 e. The van der Waals surface area contributed by atoms with Crippen LogP contribution in [0.1, 0.15) is 12.5 Å². The zero-order chi connectivity index (χ0) is 13.4. The lowest BCUT2D eigenvalue weighted by atomic mass is 10.1. The Balaban J connectivity index is 1.95. The molecule has 2 unspecified atom stereocenters. The van der Waals surface area contributed by atoms with Gasteiger partial charge in [0.05, 0.1) is 22.9 Å². The van der Waals surface area contributed by atoms with Crippen molar-refractivity contribution in [3.8, 4) is 0 Å². The third-order valence-electron chi connectivity index (χ3n) is 3.49. The molecule has 2 atom stereocenters. The van der Waals surface area contributed by atoms with Crippen molar-refractivity contribution < 1.29 is 4.74 Å². The van der Waals surface area contributed by atoms with Crippen molar-refractivity contribution in [3.05, 3.63) is 17.3 Å². The van der Waals surface area contributed by atoms with Crippen LogP contribution >= 0.6 is 11.3 Å². The van der Waals surface area contributed by atoms with E-state index in [4.69, 9.17) is 10.5 Å². The first-order valence-corrected chi connectivity index (χ1v) is 7.35. The van der Waals surface area contributed by atoms with Crippen molar-refractivity contribution in [2.75, 3.05) is 24.6 Å². The highest BCUT2D eigenvalue weighted by atomic mass is 32.1. The zero-order valence-electron chi connectivity index (χ0n) is 11.2. The first-order valence-electron chi connectivity index (χ1n) is 6.47. The molecular weight excluding hydrogens is 260 g/mol. The van der Waals surface area contributed by atoms with Crippen LogP contribution in [0.3, 0.4) is 0 Å². The predicted octanol–water partition coefficient (Wildman–Crippen LogP) is 1.55. The molecule has 3 heterocycles. The van der Waals surface area contributed by atoms with E-state index >= 15 is 0 Å². The summed E-state index contributed by atoms with van der Waals surface area (Å²) in [6.45, 7) is 6.41. The number of nitrogens with two attached hydrogens (primary N) is 1. The second-order valence-corrected chi connectivity index (χ2v) is 5.89. The monoisotopic (exact) mass is 278 g/mol. The molecule has 0 bridgehead atoms. The summed E-state index contributed by atoms with van der Waals surface area (Å²) < 4.78 is 6.86. The largest absolute Gasteiger partial charge is 0.373 e. The van der Waals surface area contributed by atoms with Crippen molar-refractivity contribution in [1.29, 1.82) is 0 Å². The van der Waals surface area contributed by atoms with Crippen molar-refractivity contribution in [2.45, 2.75) is 26.0 Å². The van der Waals surface area contributed by atoms with Crippen LogP contribution in [0.2, 0.25) is 0 Å². The molecule has 5 nitrogen and oxygen atoms in total. The molecule has 6 heteroatoms. The maximum absolute atomic E-state index is 5.94. The van der Waals surface area contributed by atoms with E-state index in [1.165, 1.54) is 5.56 Å². The lowest BCUT2D eigenvalue weighted by Gasteiger charge is -2.35. The molecule has 1 aliphatic heterocycles. The Morgan fingerprint density at radius 2 is 2.37 bits per heavy atom. The van der Waals surface area contributed by atoms with E-state index in [0.717, 1.165) is 29.1 Å². The summed E-state index contributed by atoms with van der Waals surface area (Å²) in [7, 11) is 0. The highest BCUT2D eigenvalue weighted by Crippen LogP contribution is 2.31. The average Bonchev–Trinajstić information content (AvgIpc) is 2.81. The smallest absolute Gasteiger partial charge is 0.150 e. The molecule has 0 radical (unpaired) electrons. The zero-order valence-corrected chi connectivity index (χ0v) is 12.0. The van der Waals surface area contributed by atoms with E-state index < -0.39 is 0 Å². The van der Waals surface area contributed by atoms with Gasteiger partial charge in [-0.3, -0.25) is 0 Å². The van der Waals surface area contributed by atoms with Gasteiger partial charge < -0.3 is 15.4 Å². The van der Waals surface area contributed by atoms with E-state index in [1.54, 1.807) is 17.7 Å². The number of hydrogen-bond acceptors (Lipinski definition) is 6. The van der Waals surface area contributed by atoms with E-state index in [1.807, 2.05) is 6.92 Å². The maximum atomic E-state index is 5.94. The first-order chi connectivity index (χ1) is 9.16. The molecule has 0 amide bonds. The molecule has 102 valence electrons. The predicted molar refractivity (Wildman–Crippen MR) is 77.8 cm³/mol. The second-order valence-electron chi connectivity index (χ2n) is 5.01. The van der Waals surface area contributed by atoms with Crippen molar-refractivity contribution in [1.82, 2.24) is 9.97 Å². The van der Waals surface area contributed by atoms with E-state index in [2.05, 4.69) is 27.2 Å². The van der Waals surface area contributed by atoms with Crippen LogP contribution in [0.4, 0.5) is 5.82 Å². The summed E-state index contributed by atoms with van der Waals surface area (Å²) in [5, 5.41) is 2.13. The van der Waals surface area contributed by atoms with Crippen LogP contribution in [-0.2, 0) is 4.74 Å². The van der Waals surface area contributed by atoms with E-state index in [0.29, 0.717) is 6.61 Å². The standard InChI is InChI=1S/C13H18N4OS/c1-8-6-19-12-11(8)15-7-16-13(12)17-3-4-18-10(5-17)9(2)14/h6-7,9-10H,3-5,14H2,1-2H3. The fourth-order valence-electron chi connectivity index (χ4n) is 2.37. The Morgan fingerprint density at radius 1 is 1.53 bits per heavy atom. The van der Waals surface area contributed by atoms with Gasteiger partial charge in [0, 0.05) is 19.1 Å². The van der Waals surface area contributed by atoms with Crippen molar-refractivity contribution in [2.24, 2.45) is 5.73 Å². The Labute approximate surface area is 116 Å². The lowest BCUT2D eigenvalue weighted by Crippen LogP contribution is -2.49. The minimum atomic E-state index is 0.0326. The van der Waals surface area contributed by atoms with Gasteiger partial charge in [0.15, 0.2) is 0 Å². The SMILES string of the molecule is Cc1csc2c(N3CCOC(C(C)N)C3)ncnc12. The van der Waals surface area contributed by atoms with Gasteiger partial charge >= 0.3 is 0 Å². The Morgan fingerprint density at radius 3 is 3.16 bits per heavy atom. The summed E-state index contributed by atoms with van der Waals surface area (Å²) >= 11 is 1.71. The van der Waals surface area contributed by atoms with E-state index in [9.17, 15) is 0 Å². The fourth-order valence-corrected chi connectivity index (χ4v) is 3.39. The lowest BCUT2D eigenvalue weighted by molar-refractivity contribution is 0.0274. The minimum absolute atomic E-state index is 0.0326. The summed E-state index contributed by atoms with van der Waals surface area (Å²) in [6, 6.07) is 0.0326. The van der Waals surface area contributed by atoms with Crippen LogP contribution in [0, 0.1) is 6.92 Å². The van der Waals surface area contributed by atoms with Crippen LogP contribution in [-0.4, -0.2) is 41.8 Å². The van der Waals surface area contributed by atoms with E-state index in [-0.39, 0.29) is 12.1 Å². The number of hydrogen-bond donors (Lipinski definition) is 1. The number of thiophene rings is 1. The molecule has 0 aromatic carbocycles. The third kappa shape index (κ3) is 2.31. The number of aryl methyl sites for hydroxylation is 1.